The molecule has 7 rings (SSSR count). The highest BCUT2D eigenvalue weighted by Crippen LogP contribution is 2.47. The normalized spacial score (nSPS) is 15.1. The van der Waals surface area contributed by atoms with Crippen molar-refractivity contribution in [3.63, 3.8) is 0 Å². The van der Waals surface area contributed by atoms with Crippen LogP contribution in [0.2, 0.25) is 0 Å². The van der Waals surface area contributed by atoms with E-state index in [-0.39, 0.29) is 5.92 Å². The van der Waals surface area contributed by atoms with Gasteiger partial charge in [-0.1, -0.05) is 97.1 Å². The minimum atomic E-state index is -0.0243. The van der Waals surface area contributed by atoms with Crippen LogP contribution < -0.4 is 5.32 Å². The smallest absolute Gasteiger partial charge is 0.0675 e. The van der Waals surface area contributed by atoms with E-state index < -0.39 is 0 Å². The lowest BCUT2D eigenvalue weighted by Gasteiger charge is -2.23. The van der Waals surface area contributed by atoms with Gasteiger partial charge in [-0.25, -0.2) is 4.99 Å². The van der Waals surface area contributed by atoms with E-state index in [2.05, 4.69) is 159 Å². The van der Waals surface area contributed by atoms with Crippen LogP contribution in [0.3, 0.4) is 0 Å². The van der Waals surface area contributed by atoms with Gasteiger partial charge in [-0.15, -0.1) is 0 Å². The number of fused-ring (bicyclic) bond motifs is 1. The largest absolute Gasteiger partial charge is 0.356 e. The molecule has 2 aliphatic rings. The van der Waals surface area contributed by atoms with Gasteiger partial charge < -0.3 is 5.32 Å². The standard InChI is InChI=1S/C41H33N3/c1-28-10-8-14-35(26-28)42-33-22-18-30(19-23-33)39(31-20-24-34(25-21-31)43-36-15-9-11-29(2)27-36)40-37-16-6-7-17-38(37)44-41(40)32-12-4-3-5-13-32/h3-27,40,42H,1-2H3. The number of anilines is 2. The van der Waals surface area contributed by atoms with Crippen molar-refractivity contribution in [3.05, 3.63) is 185 Å². The van der Waals surface area contributed by atoms with E-state index in [0.717, 1.165) is 50.9 Å². The minimum absolute atomic E-state index is 0.0243. The van der Waals surface area contributed by atoms with Crippen LogP contribution >= 0.6 is 0 Å². The van der Waals surface area contributed by atoms with Crippen LogP contribution in [0.5, 0.6) is 0 Å². The fourth-order valence-corrected chi connectivity index (χ4v) is 5.99. The first kappa shape index (κ1) is 27.3. The van der Waals surface area contributed by atoms with Crippen LogP contribution in [0.1, 0.15) is 33.7 Å². The van der Waals surface area contributed by atoms with E-state index in [4.69, 9.17) is 9.98 Å². The van der Waals surface area contributed by atoms with Crippen LogP contribution in [-0.2, 0) is 0 Å². The number of allylic oxidation sites excluding steroid dienone is 6. The molecule has 5 aromatic rings. The zero-order chi connectivity index (χ0) is 29.9. The fraction of sp³-hybridized carbons (Fsp3) is 0.0732. The molecule has 0 saturated heterocycles. The quantitative estimate of drug-likeness (QED) is 0.218. The first-order valence-electron chi connectivity index (χ1n) is 15.0. The number of nitrogens with zero attached hydrogens (tertiary/aromatic N) is 2. The molecule has 1 aliphatic carbocycles. The topological polar surface area (TPSA) is 36.8 Å². The summed E-state index contributed by atoms with van der Waals surface area (Å²) in [6, 6.07) is 44.6. The Kier molecular flexibility index (Phi) is 7.44. The molecule has 0 saturated carbocycles. The SMILES string of the molecule is Cc1cccc(N=C2C=CC(=C(c3ccc(Nc4cccc(C)c4)cc3)C3C(c4ccccc4)=Nc4ccccc43)C=C2)c1. The van der Waals surface area contributed by atoms with Gasteiger partial charge in [0, 0.05) is 11.4 Å². The number of aryl methyl sites for hydroxylation is 2. The summed E-state index contributed by atoms with van der Waals surface area (Å²) in [4.78, 5) is 10.1. The molecule has 0 radical (unpaired) electrons. The number of para-hydroxylation sites is 1. The summed E-state index contributed by atoms with van der Waals surface area (Å²) in [5.41, 5.74) is 14.4. The molecular formula is C41H33N3. The van der Waals surface area contributed by atoms with Gasteiger partial charge in [0.2, 0.25) is 0 Å². The lowest BCUT2D eigenvalue weighted by Crippen LogP contribution is -2.14. The molecule has 0 aromatic heterocycles. The van der Waals surface area contributed by atoms with Crippen LogP contribution in [0.4, 0.5) is 22.7 Å². The Bertz CT molecular complexity index is 1970. The highest BCUT2D eigenvalue weighted by molar-refractivity contribution is 6.17. The van der Waals surface area contributed by atoms with Gasteiger partial charge in [-0.3, -0.25) is 4.99 Å². The van der Waals surface area contributed by atoms with Gasteiger partial charge in [0.1, 0.15) is 0 Å². The molecule has 0 fully saturated rings. The highest BCUT2D eigenvalue weighted by Gasteiger charge is 2.33. The molecule has 44 heavy (non-hydrogen) atoms. The van der Waals surface area contributed by atoms with Gasteiger partial charge >= 0.3 is 0 Å². The summed E-state index contributed by atoms with van der Waals surface area (Å²) in [6.45, 7) is 4.20. The molecular weight excluding hydrogens is 534 g/mol. The molecule has 3 nitrogen and oxygen atoms in total. The number of hydrogen-bond donors (Lipinski definition) is 1. The second-order valence-electron chi connectivity index (χ2n) is 11.3. The Hall–Kier alpha value is -5.54. The summed E-state index contributed by atoms with van der Waals surface area (Å²) in [5, 5.41) is 3.56. The number of rotatable bonds is 6. The van der Waals surface area contributed by atoms with Gasteiger partial charge in [0.15, 0.2) is 0 Å². The van der Waals surface area contributed by atoms with E-state index in [1.807, 2.05) is 12.1 Å². The highest BCUT2D eigenvalue weighted by atomic mass is 14.9. The molecule has 0 bridgehead atoms. The molecule has 1 unspecified atom stereocenters. The zero-order valence-corrected chi connectivity index (χ0v) is 24.9. The lowest BCUT2D eigenvalue weighted by molar-refractivity contribution is 1.19. The number of benzene rings is 5. The average molecular weight is 568 g/mol. The molecule has 5 aromatic carbocycles. The Balaban J connectivity index is 1.33. The van der Waals surface area contributed by atoms with E-state index in [1.165, 1.54) is 22.3 Å². The van der Waals surface area contributed by atoms with Crippen molar-refractivity contribution < 1.29 is 0 Å². The summed E-state index contributed by atoms with van der Waals surface area (Å²) in [5.74, 6) is -0.0243. The van der Waals surface area contributed by atoms with Crippen LogP contribution in [0.25, 0.3) is 5.57 Å². The van der Waals surface area contributed by atoms with Gasteiger partial charge in [0.05, 0.1) is 28.7 Å². The van der Waals surface area contributed by atoms with E-state index >= 15 is 0 Å². The molecule has 1 heterocycles. The van der Waals surface area contributed by atoms with Crippen molar-refractivity contribution in [1.29, 1.82) is 0 Å². The molecule has 0 amide bonds. The summed E-state index contributed by atoms with van der Waals surface area (Å²) in [6.07, 6.45) is 8.63. The molecule has 0 spiro atoms. The van der Waals surface area contributed by atoms with Crippen molar-refractivity contribution >= 4 is 39.7 Å². The Labute approximate surface area is 259 Å². The first-order valence-corrected chi connectivity index (χ1v) is 15.0. The van der Waals surface area contributed by atoms with E-state index in [1.54, 1.807) is 0 Å². The number of hydrogen-bond acceptors (Lipinski definition) is 3. The van der Waals surface area contributed by atoms with Crippen molar-refractivity contribution in [1.82, 2.24) is 0 Å². The van der Waals surface area contributed by atoms with Crippen LogP contribution in [0.15, 0.2) is 167 Å². The van der Waals surface area contributed by atoms with E-state index in [9.17, 15) is 0 Å². The van der Waals surface area contributed by atoms with Gasteiger partial charge in [0.25, 0.3) is 0 Å². The third-order valence-corrected chi connectivity index (χ3v) is 8.06. The van der Waals surface area contributed by atoms with Gasteiger partial charge in [-0.05, 0) is 107 Å². The molecule has 1 N–H and O–H groups in total. The maximum Gasteiger partial charge on any atom is 0.0675 e. The number of aliphatic imine (C=N–C) groups is 2. The summed E-state index contributed by atoms with van der Waals surface area (Å²) < 4.78 is 0. The molecule has 1 aliphatic heterocycles. The van der Waals surface area contributed by atoms with E-state index in [0.29, 0.717) is 0 Å². The summed E-state index contributed by atoms with van der Waals surface area (Å²) >= 11 is 0. The Morgan fingerprint density at radius 2 is 1.34 bits per heavy atom. The maximum atomic E-state index is 5.20. The Morgan fingerprint density at radius 3 is 2.09 bits per heavy atom. The average Bonchev–Trinajstić information content (AvgIpc) is 3.43. The van der Waals surface area contributed by atoms with Crippen molar-refractivity contribution in [2.75, 3.05) is 5.32 Å². The molecule has 3 heteroatoms. The van der Waals surface area contributed by atoms with Crippen LogP contribution in [-0.4, -0.2) is 11.4 Å². The third-order valence-electron chi connectivity index (χ3n) is 8.06. The predicted molar refractivity (Wildman–Crippen MR) is 186 cm³/mol. The van der Waals surface area contributed by atoms with Crippen molar-refractivity contribution in [2.24, 2.45) is 9.98 Å². The second-order valence-corrected chi connectivity index (χ2v) is 11.3. The van der Waals surface area contributed by atoms with Crippen molar-refractivity contribution in [3.8, 4) is 0 Å². The predicted octanol–water partition coefficient (Wildman–Crippen LogP) is 10.6. The molecule has 1 atom stereocenters. The lowest BCUT2D eigenvalue weighted by atomic mass is 9.79. The maximum absolute atomic E-state index is 5.20. The monoisotopic (exact) mass is 567 g/mol. The Morgan fingerprint density at radius 1 is 0.636 bits per heavy atom. The van der Waals surface area contributed by atoms with Crippen LogP contribution in [0, 0.1) is 13.8 Å². The third kappa shape index (κ3) is 5.73. The minimum Gasteiger partial charge on any atom is -0.356 e. The fourth-order valence-electron chi connectivity index (χ4n) is 5.99. The van der Waals surface area contributed by atoms with Crippen molar-refractivity contribution in [2.45, 2.75) is 19.8 Å². The van der Waals surface area contributed by atoms with Gasteiger partial charge in [-0.2, -0.15) is 0 Å². The first-order chi connectivity index (χ1) is 21.6. The summed E-state index contributed by atoms with van der Waals surface area (Å²) in [7, 11) is 0. The second kappa shape index (κ2) is 12.0. The molecule has 212 valence electrons. The zero-order valence-electron chi connectivity index (χ0n) is 24.9. The number of nitrogens with one attached hydrogen (secondary N) is 1.